The van der Waals surface area contributed by atoms with Crippen molar-refractivity contribution in [2.75, 3.05) is 33.7 Å². The molecule has 132 valence electrons. The van der Waals surface area contributed by atoms with E-state index < -0.39 is 0 Å². The minimum atomic E-state index is 0.157. The number of quaternary nitrogens is 1. The van der Waals surface area contributed by atoms with E-state index in [4.69, 9.17) is 4.84 Å². The van der Waals surface area contributed by atoms with Gasteiger partial charge in [-0.2, -0.15) is 0 Å². The van der Waals surface area contributed by atoms with E-state index in [9.17, 15) is 0 Å². The van der Waals surface area contributed by atoms with Crippen LogP contribution in [0.1, 0.15) is 63.2 Å². The highest BCUT2D eigenvalue weighted by molar-refractivity contribution is 5.23. The zero-order valence-electron chi connectivity index (χ0n) is 15.9. The van der Waals surface area contributed by atoms with Crippen LogP contribution in [0.5, 0.6) is 0 Å². The first kappa shape index (κ1) is 20.1. The van der Waals surface area contributed by atoms with Crippen molar-refractivity contribution < 1.29 is 9.32 Å². The van der Waals surface area contributed by atoms with Gasteiger partial charge in [-0.25, -0.2) is 5.48 Å². The Morgan fingerprint density at radius 1 is 1.04 bits per heavy atom. The molecule has 0 saturated carbocycles. The quantitative estimate of drug-likeness (QED) is 0.344. The summed E-state index contributed by atoms with van der Waals surface area (Å²) in [5, 5.41) is 0. The van der Waals surface area contributed by atoms with Gasteiger partial charge in [-0.3, -0.25) is 4.84 Å². The topological polar surface area (TPSA) is 21.3 Å². The van der Waals surface area contributed by atoms with E-state index in [-0.39, 0.29) is 6.10 Å². The molecule has 3 nitrogen and oxygen atoms in total. The lowest BCUT2D eigenvalue weighted by atomic mass is 10.0. The van der Waals surface area contributed by atoms with Crippen molar-refractivity contribution in [3.63, 3.8) is 0 Å². The first-order chi connectivity index (χ1) is 11.0. The summed E-state index contributed by atoms with van der Waals surface area (Å²) < 4.78 is 1.10. The molecule has 0 amide bonds. The van der Waals surface area contributed by atoms with Crippen molar-refractivity contribution >= 4 is 0 Å². The van der Waals surface area contributed by atoms with Crippen molar-refractivity contribution in [2.45, 2.75) is 59.0 Å². The van der Waals surface area contributed by atoms with Crippen molar-refractivity contribution in [3.8, 4) is 0 Å². The van der Waals surface area contributed by atoms with Crippen LogP contribution in [0.4, 0.5) is 0 Å². The predicted molar refractivity (Wildman–Crippen MR) is 99.3 cm³/mol. The molecule has 0 aliphatic heterocycles. The highest BCUT2D eigenvalue weighted by Gasteiger charge is 2.15. The summed E-state index contributed by atoms with van der Waals surface area (Å²) in [5.74, 6) is 0. The summed E-state index contributed by atoms with van der Waals surface area (Å²) in [7, 11) is 4.61. The van der Waals surface area contributed by atoms with Gasteiger partial charge in [0.05, 0.1) is 27.2 Å². The predicted octanol–water partition coefficient (Wildman–Crippen LogP) is 4.62. The Morgan fingerprint density at radius 3 is 2.35 bits per heavy atom. The van der Waals surface area contributed by atoms with Gasteiger partial charge < -0.3 is 4.48 Å². The molecule has 0 spiro atoms. The number of benzene rings is 1. The molecule has 1 aromatic carbocycles. The first-order valence-corrected chi connectivity index (χ1v) is 9.25. The summed E-state index contributed by atoms with van der Waals surface area (Å²) in [6.07, 6.45) is 6.03. The maximum absolute atomic E-state index is 5.97. The van der Waals surface area contributed by atoms with Crippen LogP contribution in [0.15, 0.2) is 24.3 Å². The van der Waals surface area contributed by atoms with E-state index in [2.05, 4.69) is 64.6 Å². The number of nitrogens with one attached hydrogen (secondary N) is 1. The van der Waals surface area contributed by atoms with Crippen LogP contribution >= 0.6 is 0 Å². The fourth-order valence-corrected chi connectivity index (χ4v) is 2.51. The molecule has 1 unspecified atom stereocenters. The van der Waals surface area contributed by atoms with E-state index in [0.717, 1.165) is 23.9 Å². The van der Waals surface area contributed by atoms with Gasteiger partial charge in [0.25, 0.3) is 0 Å². The standard InChI is InChI=1S/C20H37N2O/c1-6-8-16-21-23-20(19-14-12-18(3)13-15-19)11-9-10-17-22(4,5)7-2/h12-15,20-21H,6-11,16-17H2,1-5H3/q+1. The van der Waals surface area contributed by atoms with Gasteiger partial charge in [-0.1, -0.05) is 43.2 Å². The Morgan fingerprint density at radius 2 is 1.74 bits per heavy atom. The Hall–Kier alpha value is -0.900. The third-order valence-corrected chi connectivity index (χ3v) is 4.64. The molecule has 1 N–H and O–H groups in total. The Kier molecular flexibility index (Phi) is 9.46. The second kappa shape index (κ2) is 10.8. The number of unbranched alkanes of at least 4 members (excludes halogenated alkanes) is 2. The smallest absolute Gasteiger partial charge is 0.104 e. The zero-order chi connectivity index (χ0) is 17.1. The summed E-state index contributed by atoms with van der Waals surface area (Å²) in [5.41, 5.74) is 5.74. The minimum absolute atomic E-state index is 0.157. The van der Waals surface area contributed by atoms with E-state index in [0.29, 0.717) is 0 Å². The molecular weight excluding hydrogens is 284 g/mol. The van der Waals surface area contributed by atoms with Crippen molar-refractivity contribution in [3.05, 3.63) is 35.4 Å². The number of hydrogen-bond donors (Lipinski definition) is 1. The lowest BCUT2D eigenvalue weighted by Gasteiger charge is -2.28. The Balaban J connectivity index is 2.48. The van der Waals surface area contributed by atoms with Gasteiger partial charge in [0.15, 0.2) is 0 Å². The largest absolute Gasteiger partial charge is 0.329 e. The van der Waals surface area contributed by atoms with Gasteiger partial charge in [0.2, 0.25) is 0 Å². The van der Waals surface area contributed by atoms with Gasteiger partial charge in [0.1, 0.15) is 6.10 Å². The van der Waals surface area contributed by atoms with Gasteiger partial charge in [0, 0.05) is 6.54 Å². The van der Waals surface area contributed by atoms with Gasteiger partial charge >= 0.3 is 0 Å². The van der Waals surface area contributed by atoms with Crippen LogP contribution in [0.25, 0.3) is 0 Å². The second-order valence-electron chi connectivity index (χ2n) is 7.24. The lowest BCUT2D eigenvalue weighted by molar-refractivity contribution is -0.888. The fraction of sp³-hybridized carbons (Fsp3) is 0.700. The summed E-state index contributed by atoms with van der Waals surface area (Å²) in [6.45, 7) is 9.95. The molecule has 0 fully saturated rings. The van der Waals surface area contributed by atoms with Crippen LogP contribution in [0.3, 0.4) is 0 Å². The summed E-state index contributed by atoms with van der Waals surface area (Å²) in [4.78, 5) is 5.97. The summed E-state index contributed by atoms with van der Waals surface area (Å²) >= 11 is 0. The molecule has 0 bridgehead atoms. The van der Waals surface area contributed by atoms with Crippen LogP contribution < -0.4 is 5.48 Å². The van der Waals surface area contributed by atoms with Crippen molar-refractivity contribution in [1.29, 1.82) is 0 Å². The highest BCUT2D eigenvalue weighted by Crippen LogP contribution is 2.23. The van der Waals surface area contributed by atoms with Crippen molar-refractivity contribution in [2.24, 2.45) is 0 Å². The number of aryl methyl sites for hydroxylation is 1. The van der Waals surface area contributed by atoms with E-state index >= 15 is 0 Å². The molecule has 1 atom stereocenters. The van der Waals surface area contributed by atoms with E-state index in [1.807, 2.05) is 0 Å². The van der Waals surface area contributed by atoms with Crippen LogP contribution in [0.2, 0.25) is 0 Å². The van der Waals surface area contributed by atoms with Gasteiger partial charge in [-0.15, -0.1) is 0 Å². The third-order valence-electron chi connectivity index (χ3n) is 4.64. The summed E-state index contributed by atoms with van der Waals surface area (Å²) in [6, 6.07) is 8.75. The molecule has 23 heavy (non-hydrogen) atoms. The molecule has 0 heterocycles. The molecule has 1 rings (SSSR count). The Bertz CT molecular complexity index is 414. The molecule has 0 radical (unpaired) electrons. The third kappa shape index (κ3) is 8.50. The van der Waals surface area contributed by atoms with E-state index in [1.165, 1.54) is 43.5 Å². The molecule has 0 aliphatic rings. The molecule has 1 aromatic rings. The molecule has 0 aliphatic carbocycles. The average Bonchev–Trinajstić information content (AvgIpc) is 2.54. The molecular formula is C20H37N2O+. The zero-order valence-corrected chi connectivity index (χ0v) is 15.9. The normalized spacial score (nSPS) is 13.3. The number of rotatable bonds is 12. The maximum atomic E-state index is 5.97. The van der Waals surface area contributed by atoms with Crippen LogP contribution in [-0.4, -0.2) is 38.2 Å². The molecule has 0 aromatic heterocycles. The monoisotopic (exact) mass is 321 g/mol. The number of nitrogens with zero attached hydrogens (tertiary/aromatic N) is 1. The highest BCUT2D eigenvalue weighted by atomic mass is 16.7. The van der Waals surface area contributed by atoms with Crippen molar-refractivity contribution in [1.82, 2.24) is 5.48 Å². The van der Waals surface area contributed by atoms with Gasteiger partial charge in [-0.05, 0) is 45.1 Å². The number of hydrogen-bond acceptors (Lipinski definition) is 2. The lowest BCUT2D eigenvalue weighted by Crippen LogP contribution is -2.39. The number of hydroxylamine groups is 1. The first-order valence-electron chi connectivity index (χ1n) is 9.25. The van der Waals surface area contributed by atoms with Crippen LogP contribution in [-0.2, 0) is 4.84 Å². The second-order valence-corrected chi connectivity index (χ2v) is 7.24. The molecule has 0 saturated heterocycles. The van der Waals surface area contributed by atoms with Crippen LogP contribution in [0, 0.1) is 6.92 Å². The average molecular weight is 322 g/mol. The van der Waals surface area contributed by atoms with E-state index in [1.54, 1.807) is 0 Å². The molecule has 3 heteroatoms. The Labute approximate surface area is 143 Å². The SMILES string of the molecule is CCCCNOC(CCCC[N+](C)(C)CC)c1ccc(C)cc1. The minimum Gasteiger partial charge on any atom is -0.329 e. The maximum Gasteiger partial charge on any atom is 0.104 e. The fourth-order valence-electron chi connectivity index (χ4n) is 2.51.